The molecule has 1 saturated heterocycles. The predicted octanol–water partition coefficient (Wildman–Crippen LogP) is 2.28. The maximum atomic E-state index is 13.2. The Balaban J connectivity index is 1.98. The number of likely N-dealkylation sites (N-methyl/N-ethyl adjacent to an activating group) is 1. The van der Waals surface area contributed by atoms with E-state index in [1.165, 1.54) is 10.5 Å². The zero-order valence-electron chi connectivity index (χ0n) is 14.6. The third-order valence-electron chi connectivity index (χ3n) is 5.57. The van der Waals surface area contributed by atoms with Gasteiger partial charge in [-0.25, -0.2) is 0 Å². The summed E-state index contributed by atoms with van der Waals surface area (Å²) in [5.41, 5.74) is 2.89. The molecule has 23 heavy (non-hydrogen) atoms. The van der Waals surface area contributed by atoms with Gasteiger partial charge in [0.2, 0.25) is 11.8 Å². The van der Waals surface area contributed by atoms with E-state index in [2.05, 4.69) is 25.1 Å². The molecule has 1 aromatic rings. The number of likely N-dealkylation sites (tertiary alicyclic amines) is 1. The predicted molar refractivity (Wildman–Crippen MR) is 90.3 cm³/mol. The van der Waals surface area contributed by atoms with Crippen LogP contribution in [0.5, 0.6) is 0 Å². The number of benzene rings is 1. The van der Waals surface area contributed by atoms with Crippen LogP contribution in [0.4, 0.5) is 0 Å². The van der Waals surface area contributed by atoms with Crippen molar-refractivity contribution in [2.45, 2.75) is 51.0 Å². The molecule has 4 nitrogen and oxygen atoms in total. The van der Waals surface area contributed by atoms with Crippen LogP contribution in [0.15, 0.2) is 18.2 Å². The van der Waals surface area contributed by atoms with Crippen molar-refractivity contribution in [2.24, 2.45) is 0 Å². The topological polar surface area (TPSA) is 40.6 Å². The second kappa shape index (κ2) is 5.75. The molecule has 2 unspecified atom stereocenters. The number of hydrogen-bond acceptors (Lipinski definition) is 3. The molecule has 124 valence electrons. The van der Waals surface area contributed by atoms with Crippen molar-refractivity contribution >= 4 is 11.8 Å². The summed E-state index contributed by atoms with van der Waals surface area (Å²) >= 11 is 0. The molecule has 3 rings (SSSR count). The Kier molecular flexibility index (Phi) is 4.05. The number of rotatable bonds is 3. The molecule has 4 heteroatoms. The van der Waals surface area contributed by atoms with Crippen LogP contribution in [0.1, 0.15) is 42.9 Å². The molecule has 0 radical (unpaired) electrons. The van der Waals surface area contributed by atoms with Crippen LogP contribution in [-0.2, 0) is 21.4 Å². The summed E-state index contributed by atoms with van der Waals surface area (Å²) < 4.78 is 0. The standard InChI is InChI=1S/C19H26N2O2/c1-13-7-8-15-6-5-9-19(16(15)10-13)11-17(22)21(18(19)23)12-14(2)20(3)4/h7-8,10,14H,5-6,9,11-12H2,1-4H3. The van der Waals surface area contributed by atoms with Crippen LogP contribution in [0.25, 0.3) is 0 Å². The first-order chi connectivity index (χ1) is 10.8. The molecule has 0 saturated carbocycles. The summed E-state index contributed by atoms with van der Waals surface area (Å²) in [4.78, 5) is 29.4. The van der Waals surface area contributed by atoms with Crippen molar-refractivity contribution < 1.29 is 9.59 Å². The first-order valence-electron chi connectivity index (χ1n) is 8.46. The van der Waals surface area contributed by atoms with E-state index in [4.69, 9.17) is 0 Å². The number of aryl methyl sites for hydroxylation is 2. The number of nitrogens with zero attached hydrogens (tertiary/aromatic N) is 2. The van der Waals surface area contributed by atoms with Crippen LogP contribution >= 0.6 is 0 Å². The Labute approximate surface area is 138 Å². The minimum absolute atomic E-state index is 0.0157. The highest BCUT2D eigenvalue weighted by Gasteiger charge is 2.54. The van der Waals surface area contributed by atoms with Crippen molar-refractivity contribution in [3.63, 3.8) is 0 Å². The largest absolute Gasteiger partial charge is 0.305 e. The average molecular weight is 314 g/mol. The lowest BCUT2D eigenvalue weighted by Gasteiger charge is -2.34. The molecular weight excluding hydrogens is 288 g/mol. The second-order valence-electron chi connectivity index (χ2n) is 7.40. The monoisotopic (exact) mass is 314 g/mol. The first-order valence-corrected chi connectivity index (χ1v) is 8.46. The van der Waals surface area contributed by atoms with Crippen LogP contribution < -0.4 is 0 Å². The maximum Gasteiger partial charge on any atom is 0.240 e. The molecule has 0 aromatic heterocycles. The van der Waals surface area contributed by atoms with E-state index in [1.807, 2.05) is 25.9 Å². The lowest BCUT2D eigenvalue weighted by atomic mass is 9.68. The number of fused-ring (bicyclic) bond motifs is 2. The lowest BCUT2D eigenvalue weighted by molar-refractivity contribution is -0.140. The normalized spacial score (nSPS) is 25.3. The van der Waals surface area contributed by atoms with Crippen molar-refractivity contribution in [1.82, 2.24) is 9.80 Å². The van der Waals surface area contributed by atoms with Gasteiger partial charge in [0.05, 0.1) is 5.41 Å². The molecule has 1 spiro atoms. The van der Waals surface area contributed by atoms with E-state index in [-0.39, 0.29) is 17.9 Å². The molecule has 1 heterocycles. The van der Waals surface area contributed by atoms with E-state index in [0.29, 0.717) is 13.0 Å². The van der Waals surface area contributed by atoms with E-state index in [0.717, 1.165) is 30.4 Å². The Morgan fingerprint density at radius 2 is 2.04 bits per heavy atom. The molecule has 1 aromatic carbocycles. The molecule has 0 N–H and O–H groups in total. The fourth-order valence-corrected chi connectivity index (χ4v) is 3.89. The highest BCUT2D eigenvalue weighted by atomic mass is 16.2. The summed E-state index contributed by atoms with van der Waals surface area (Å²) in [5, 5.41) is 0. The van der Waals surface area contributed by atoms with Crippen LogP contribution in [0.3, 0.4) is 0 Å². The molecule has 1 aliphatic carbocycles. The van der Waals surface area contributed by atoms with Crippen molar-refractivity contribution in [1.29, 1.82) is 0 Å². The van der Waals surface area contributed by atoms with Crippen molar-refractivity contribution in [2.75, 3.05) is 20.6 Å². The number of imide groups is 1. The van der Waals surface area contributed by atoms with Crippen molar-refractivity contribution in [3.8, 4) is 0 Å². The van der Waals surface area contributed by atoms with Crippen molar-refractivity contribution in [3.05, 3.63) is 34.9 Å². The van der Waals surface area contributed by atoms with Gasteiger partial charge in [-0.1, -0.05) is 23.8 Å². The SMILES string of the molecule is Cc1ccc2c(c1)C1(CCC2)CC(=O)N(CC(C)N(C)C)C1=O. The smallest absolute Gasteiger partial charge is 0.240 e. The van der Waals surface area contributed by atoms with Crippen LogP contribution in [0, 0.1) is 6.92 Å². The quantitative estimate of drug-likeness (QED) is 0.804. The summed E-state index contributed by atoms with van der Waals surface area (Å²) in [6, 6.07) is 6.52. The molecule has 1 fully saturated rings. The van der Waals surface area contributed by atoms with E-state index in [9.17, 15) is 9.59 Å². The average Bonchev–Trinajstić information content (AvgIpc) is 2.73. The summed E-state index contributed by atoms with van der Waals surface area (Å²) in [6.07, 6.45) is 3.11. The zero-order chi connectivity index (χ0) is 16.8. The zero-order valence-corrected chi connectivity index (χ0v) is 14.6. The highest BCUT2D eigenvalue weighted by molar-refractivity contribution is 6.09. The van der Waals surface area contributed by atoms with Gasteiger partial charge in [-0.05, 0) is 58.3 Å². The molecular formula is C19H26N2O2. The third kappa shape index (κ3) is 2.59. The lowest BCUT2D eigenvalue weighted by Crippen LogP contribution is -2.45. The molecule has 2 amide bonds. The highest BCUT2D eigenvalue weighted by Crippen LogP contribution is 2.45. The Morgan fingerprint density at radius 3 is 2.74 bits per heavy atom. The Morgan fingerprint density at radius 1 is 1.30 bits per heavy atom. The van der Waals surface area contributed by atoms with Gasteiger partial charge in [0.25, 0.3) is 0 Å². The summed E-state index contributed by atoms with van der Waals surface area (Å²) in [6.45, 7) is 4.58. The molecule has 2 aliphatic rings. The Bertz CT molecular complexity index is 653. The van der Waals surface area contributed by atoms with E-state index < -0.39 is 5.41 Å². The summed E-state index contributed by atoms with van der Waals surface area (Å²) in [5.74, 6) is 0.000746. The minimum atomic E-state index is -0.608. The number of carbonyl (C=O) groups excluding carboxylic acids is 2. The van der Waals surface area contributed by atoms with Crippen LogP contribution in [-0.4, -0.2) is 48.3 Å². The van der Waals surface area contributed by atoms with Gasteiger partial charge in [-0.15, -0.1) is 0 Å². The second-order valence-corrected chi connectivity index (χ2v) is 7.40. The minimum Gasteiger partial charge on any atom is -0.305 e. The van der Waals surface area contributed by atoms with Gasteiger partial charge in [-0.3, -0.25) is 14.5 Å². The fraction of sp³-hybridized carbons (Fsp3) is 0.579. The summed E-state index contributed by atoms with van der Waals surface area (Å²) in [7, 11) is 3.95. The van der Waals surface area contributed by atoms with E-state index >= 15 is 0 Å². The number of hydrogen-bond donors (Lipinski definition) is 0. The first kappa shape index (κ1) is 16.2. The number of amides is 2. The van der Waals surface area contributed by atoms with Gasteiger partial charge >= 0.3 is 0 Å². The maximum absolute atomic E-state index is 13.2. The van der Waals surface area contributed by atoms with Gasteiger partial charge in [0.1, 0.15) is 0 Å². The Hall–Kier alpha value is -1.68. The van der Waals surface area contributed by atoms with E-state index in [1.54, 1.807) is 0 Å². The van der Waals surface area contributed by atoms with Gasteiger partial charge in [0.15, 0.2) is 0 Å². The fourth-order valence-electron chi connectivity index (χ4n) is 3.89. The number of carbonyl (C=O) groups is 2. The molecule has 2 atom stereocenters. The van der Waals surface area contributed by atoms with Gasteiger partial charge in [0, 0.05) is 19.0 Å². The molecule has 0 bridgehead atoms. The van der Waals surface area contributed by atoms with Gasteiger partial charge in [-0.2, -0.15) is 0 Å². The molecule has 1 aliphatic heterocycles. The van der Waals surface area contributed by atoms with Crippen LogP contribution in [0.2, 0.25) is 0 Å². The van der Waals surface area contributed by atoms with Gasteiger partial charge < -0.3 is 4.90 Å². The third-order valence-corrected chi connectivity index (χ3v) is 5.57.